The Balaban J connectivity index is 1.81. The third-order valence-electron chi connectivity index (χ3n) is 3.16. The number of ether oxygens (including phenoxy) is 1. The SMILES string of the molecule is CCCNc1ccc(C(=O)NCC2CCOC2)cn1. The minimum absolute atomic E-state index is 0.0681. The summed E-state index contributed by atoms with van der Waals surface area (Å²) in [5.41, 5.74) is 0.598. The summed E-state index contributed by atoms with van der Waals surface area (Å²) < 4.78 is 5.28. The number of hydrogen-bond donors (Lipinski definition) is 2. The monoisotopic (exact) mass is 263 g/mol. The molecule has 1 aromatic heterocycles. The Morgan fingerprint density at radius 2 is 2.42 bits per heavy atom. The molecule has 2 rings (SSSR count). The van der Waals surface area contributed by atoms with E-state index in [0.29, 0.717) is 18.0 Å². The Hall–Kier alpha value is -1.62. The molecule has 0 aromatic carbocycles. The lowest BCUT2D eigenvalue weighted by Crippen LogP contribution is -2.29. The third-order valence-corrected chi connectivity index (χ3v) is 3.16. The van der Waals surface area contributed by atoms with Crippen molar-refractivity contribution in [2.75, 3.05) is 31.6 Å². The van der Waals surface area contributed by atoms with Crippen molar-refractivity contribution in [1.29, 1.82) is 0 Å². The molecule has 1 amide bonds. The topological polar surface area (TPSA) is 63.2 Å². The van der Waals surface area contributed by atoms with Crippen molar-refractivity contribution < 1.29 is 9.53 Å². The molecule has 1 aliphatic heterocycles. The molecule has 2 heterocycles. The first-order valence-electron chi connectivity index (χ1n) is 6.85. The van der Waals surface area contributed by atoms with Crippen LogP contribution in [0.2, 0.25) is 0 Å². The molecular weight excluding hydrogens is 242 g/mol. The van der Waals surface area contributed by atoms with Crippen LogP contribution < -0.4 is 10.6 Å². The zero-order valence-corrected chi connectivity index (χ0v) is 11.3. The van der Waals surface area contributed by atoms with Gasteiger partial charge in [0.1, 0.15) is 5.82 Å². The van der Waals surface area contributed by atoms with Gasteiger partial charge in [0.05, 0.1) is 12.2 Å². The minimum Gasteiger partial charge on any atom is -0.381 e. The quantitative estimate of drug-likeness (QED) is 0.819. The average Bonchev–Trinajstić information content (AvgIpc) is 2.96. The highest BCUT2D eigenvalue weighted by Gasteiger charge is 2.16. The van der Waals surface area contributed by atoms with Crippen LogP contribution in [0.5, 0.6) is 0 Å². The van der Waals surface area contributed by atoms with Gasteiger partial charge in [-0.05, 0) is 25.0 Å². The van der Waals surface area contributed by atoms with E-state index in [4.69, 9.17) is 4.74 Å². The Kier molecular flexibility index (Phi) is 5.15. The lowest BCUT2D eigenvalue weighted by atomic mass is 10.1. The van der Waals surface area contributed by atoms with Crippen molar-refractivity contribution >= 4 is 11.7 Å². The maximum absolute atomic E-state index is 11.9. The van der Waals surface area contributed by atoms with E-state index >= 15 is 0 Å². The molecule has 0 spiro atoms. The normalized spacial score (nSPS) is 18.3. The summed E-state index contributed by atoms with van der Waals surface area (Å²) in [6, 6.07) is 3.63. The first kappa shape index (κ1) is 13.8. The molecule has 5 heteroatoms. The van der Waals surface area contributed by atoms with E-state index in [1.807, 2.05) is 6.07 Å². The average molecular weight is 263 g/mol. The van der Waals surface area contributed by atoms with Gasteiger partial charge >= 0.3 is 0 Å². The summed E-state index contributed by atoms with van der Waals surface area (Å²) in [5.74, 6) is 1.19. The largest absolute Gasteiger partial charge is 0.381 e. The molecule has 1 atom stereocenters. The van der Waals surface area contributed by atoms with Crippen LogP contribution in [0.25, 0.3) is 0 Å². The summed E-state index contributed by atoms with van der Waals surface area (Å²) >= 11 is 0. The second-order valence-corrected chi connectivity index (χ2v) is 4.80. The Morgan fingerprint density at radius 3 is 3.05 bits per heavy atom. The number of carbonyl (C=O) groups excluding carboxylic acids is 1. The van der Waals surface area contributed by atoms with E-state index in [1.54, 1.807) is 12.3 Å². The Bertz CT molecular complexity index is 400. The van der Waals surface area contributed by atoms with E-state index in [9.17, 15) is 4.79 Å². The smallest absolute Gasteiger partial charge is 0.252 e. The van der Waals surface area contributed by atoms with Crippen molar-refractivity contribution in [3.63, 3.8) is 0 Å². The second kappa shape index (κ2) is 7.09. The van der Waals surface area contributed by atoms with Crippen molar-refractivity contribution in [2.45, 2.75) is 19.8 Å². The predicted molar refractivity (Wildman–Crippen MR) is 74.3 cm³/mol. The lowest BCUT2D eigenvalue weighted by molar-refractivity contribution is 0.0944. The van der Waals surface area contributed by atoms with Gasteiger partial charge in [-0.2, -0.15) is 0 Å². The van der Waals surface area contributed by atoms with Gasteiger partial charge in [0.2, 0.25) is 0 Å². The van der Waals surface area contributed by atoms with Gasteiger partial charge in [0.25, 0.3) is 5.91 Å². The molecule has 104 valence electrons. The van der Waals surface area contributed by atoms with Crippen LogP contribution in [-0.4, -0.2) is 37.2 Å². The summed E-state index contributed by atoms with van der Waals surface area (Å²) in [4.78, 5) is 16.1. The molecule has 1 aromatic rings. The number of nitrogens with zero attached hydrogens (tertiary/aromatic N) is 1. The van der Waals surface area contributed by atoms with Gasteiger partial charge in [-0.25, -0.2) is 4.98 Å². The molecule has 0 radical (unpaired) electrons. The molecule has 19 heavy (non-hydrogen) atoms. The summed E-state index contributed by atoms with van der Waals surface area (Å²) in [5, 5.41) is 6.10. The summed E-state index contributed by atoms with van der Waals surface area (Å²) in [6.45, 7) is 5.22. The molecule has 1 saturated heterocycles. The first-order valence-corrected chi connectivity index (χ1v) is 6.85. The highest BCUT2D eigenvalue weighted by Crippen LogP contribution is 2.11. The number of pyridine rings is 1. The molecular formula is C14H21N3O2. The van der Waals surface area contributed by atoms with E-state index in [-0.39, 0.29) is 5.91 Å². The van der Waals surface area contributed by atoms with Crippen LogP contribution >= 0.6 is 0 Å². The fourth-order valence-electron chi connectivity index (χ4n) is 1.97. The van der Waals surface area contributed by atoms with Gasteiger partial charge in [-0.15, -0.1) is 0 Å². The number of nitrogens with one attached hydrogen (secondary N) is 2. The second-order valence-electron chi connectivity index (χ2n) is 4.80. The summed E-state index contributed by atoms with van der Waals surface area (Å²) in [7, 11) is 0. The highest BCUT2D eigenvalue weighted by atomic mass is 16.5. The minimum atomic E-state index is -0.0681. The Labute approximate surface area is 113 Å². The van der Waals surface area contributed by atoms with Gasteiger partial charge in [0.15, 0.2) is 0 Å². The molecule has 5 nitrogen and oxygen atoms in total. The van der Waals surface area contributed by atoms with Crippen molar-refractivity contribution in [2.24, 2.45) is 5.92 Å². The zero-order chi connectivity index (χ0) is 13.5. The van der Waals surface area contributed by atoms with Crippen LogP contribution in [0.4, 0.5) is 5.82 Å². The zero-order valence-electron chi connectivity index (χ0n) is 11.3. The van der Waals surface area contributed by atoms with E-state index in [2.05, 4.69) is 22.5 Å². The highest BCUT2D eigenvalue weighted by molar-refractivity contribution is 5.94. The van der Waals surface area contributed by atoms with Crippen LogP contribution in [0.15, 0.2) is 18.3 Å². The molecule has 0 saturated carbocycles. The molecule has 1 aliphatic rings. The van der Waals surface area contributed by atoms with E-state index in [1.165, 1.54) is 0 Å². The maximum atomic E-state index is 11.9. The molecule has 0 bridgehead atoms. The number of rotatable bonds is 6. The maximum Gasteiger partial charge on any atom is 0.252 e. The summed E-state index contributed by atoms with van der Waals surface area (Å²) in [6.07, 6.45) is 3.68. The number of anilines is 1. The van der Waals surface area contributed by atoms with E-state index in [0.717, 1.165) is 38.4 Å². The van der Waals surface area contributed by atoms with Gasteiger partial charge in [0, 0.05) is 31.8 Å². The Morgan fingerprint density at radius 1 is 1.53 bits per heavy atom. The van der Waals surface area contributed by atoms with Crippen molar-refractivity contribution in [3.05, 3.63) is 23.9 Å². The first-order chi connectivity index (χ1) is 9.29. The lowest BCUT2D eigenvalue weighted by Gasteiger charge is -2.09. The molecule has 1 unspecified atom stereocenters. The number of hydrogen-bond acceptors (Lipinski definition) is 4. The molecule has 1 fully saturated rings. The molecule has 2 N–H and O–H groups in total. The fraction of sp³-hybridized carbons (Fsp3) is 0.571. The number of carbonyl (C=O) groups is 1. The third kappa shape index (κ3) is 4.21. The van der Waals surface area contributed by atoms with Crippen molar-refractivity contribution in [1.82, 2.24) is 10.3 Å². The van der Waals surface area contributed by atoms with Gasteiger partial charge < -0.3 is 15.4 Å². The van der Waals surface area contributed by atoms with Crippen LogP contribution in [-0.2, 0) is 4.74 Å². The van der Waals surface area contributed by atoms with Crippen molar-refractivity contribution in [3.8, 4) is 0 Å². The number of aromatic nitrogens is 1. The van der Waals surface area contributed by atoms with Gasteiger partial charge in [-0.3, -0.25) is 4.79 Å². The van der Waals surface area contributed by atoms with Crippen LogP contribution in [0.1, 0.15) is 30.1 Å². The number of amides is 1. The standard InChI is InChI=1S/C14H21N3O2/c1-2-6-15-13-4-3-12(9-16-13)14(18)17-8-11-5-7-19-10-11/h3-4,9,11H,2,5-8,10H2,1H3,(H,15,16)(H,17,18). The predicted octanol–water partition coefficient (Wildman–Crippen LogP) is 1.67. The van der Waals surface area contributed by atoms with Crippen LogP contribution in [0.3, 0.4) is 0 Å². The van der Waals surface area contributed by atoms with Crippen LogP contribution in [0, 0.1) is 5.92 Å². The fourth-order valence-corrected chi connectivity index (χ4v) is 1.97. The van der Waals surface area contributed by atoms with Gasteiger partial charge in [-0.1, -0.05) is 6.92 Å². The van der Waals surface area contributed by atoms with E-state index < -0.39 is 0 Å². The molecule has 0 aliphatic carbocycles.